The van der Waals surface area contributed by atoms with E-state index in [-0.39, 0.29) is 16.8 Å². The minimum Gasteiger partial charge on any atom is -0.488 e. The predicted octanol–water partition coefficient (Wildman–Crippen LogP) is 3.04. The third-order valence-electron chi connectivity index (χ3n) is 1.79. The van der Waals surface area contributed by atoms with Crippen LogP contribution >= 0.6 is 31.9 Å². The Kier molecular flexibility index (Phi) is 5.32. The average Bonchev–Trinajstić information content (AvgIpc) is 2.26. The van der Waals surface area contributed by atoms with Gasteiger partial charge in [0.1, 0.15) is 17.3 Å². The molecular formula is C10H8Br2F2O3. The second-order valence-corrected chi connectivity index (χ2v) is 4.96. The summed E-state index contributed by atoms with van der Waals surface area (Å²) in [5, 5.41) is 0. The molecule has 1 rings (SSSR count). The van der Waals surface area contributed by atoms with E-state index in [1.807, 2.05) is 0 Å². The van der Waals surface area contributed by atoms with Crippen LogP contribution in [0.15, 0.2) is 16.6 Å². The summed E-state index contributed by atoms with van der Waals surface area (Å²) < 4.78 is 35.8. The van der Waals surface area contributed by atoms with Crippen molar-refractivity contribution in [1.82, 2.24) is 0 Å². The van der Waals surface area contributed by atoms with Gasteiger partial charge < -0.3 is 9.47 Å². The van der Waals surface area contributed by atoms with E-state index >= 15 is 0 Å². The zero-order valence-electron chi connectivity index (χ0n) is 8.68. The molecule has 0 aliphatic heterocycles. The summed E-state index contributed by atoms with van der Waals surface area (Å²) in [6.45, 7) is -0.131. The number of methoxy groups -OCH3 is 1. The summed E-state index contributed by atoms with van der Waals surface area (Å²) in [5.74, 6) is -2.25. The van der Waals surface area contributed by atoms with Gasteiger partial charge in [0.15, 0.2) is 11.6 Å². The molecule has 0 radical (unpaired) electrons. The Labute approximate surface area is 113 Å². The molecule has 1 unspecified atom stereocenters. The van der Waals surface area contributed by atoms with Crippen LogP contribution in [0.1, 0.15) is 0 Å². The molecular weight excluding hydrogens is 366 g/mol. The first kappa shape index (κ1) is 14.4. The zero-order chi connectivity index (χ0) is 13.0. The molecule has 0 bridgehead atoms. The van der Waals surface area contributed by atoms with Crippen LogP contribution in [0, 0.1) is 11.6 Å². The highest BCUT2D eigenvalue weighted by Gasteiger charge is 2.18. The fourth-order valence-electron chi connectivity index (χ4n) is 1.02. The summed E-state index contributed by atoms with van der Waals surface area (Å²) in [6.07, 6.45) is 0. The Hall–Kier alpha value is -0.690. The molecule has 1 aromatic rings. The number of alkyl halides is 1. The van der Waals surface area contributed by atoms with Crippen molar-refractivity contribution in [2.24, 2.45) is 0 Å². The van der Waals surface area contributed by atoms with E-state index in [9.17, 15) is 13.6 Å². The van der Waals surface area contributed by atoms with E-state index in [1.165, 1.54) is 7.11 Å². The van der Waals surface area contributed by atoms with Crippen molar-refractivity contribution in [3.63, 3.8) is 0 Å². The minimum absolute atomic E-state index is 0.131. The first-order chi connectivity index (χ1) is 7.95. The van der Waals surface area contributed by atoms with E-state index in [0.29, 0.717) is 6.07 Å². The minimum atomic E-state index is -0.846. The van der Waals surface area contributed by atoms with Gasteiger partial charge in [-0.25, -0.2) is 8.78 Å². The first-order valence-corrected chi connectivity index (χ1v) is 6.15. The molecule has 0 heterocycles. The largest absolute Gasteiger partial charge is 0.488 e. The van der Waals surface area contributed by atoms with Crippen molar-refractivity contribution < 1.29 is 23.0 Å². The maximum Gasteiger partial charge on any atom is 0.322 e. The van der Waals surface area contributed by atoms with E-state index in [0.717, 1.165) is 6.07 Å². The van der Waals surface area contributed by atoms with E-state index in [2.05, 4.69) is 36.6 Å². The summed E-state index contributed by atoms with van der Waals surface area (Å²) in [4.78, 5) is 10.3. The fourth-order valence-corrected chi connectivity index (χ4v) is 1.86. The third kappa shape index (κ3) is 3.92. The summed E-state index contributed by atoms with van der Waals surface area (Å²) in [5.41, 5.74) is 0. The molecule has 94 valence electrons. The lowest BCUT2D eigenvalue weighted by Crippen LogP contribution is -2.23. The quantitative estimate of drug-likeness (QED) is 0.601. The number of benzene rings is 1. The van der Waals surface area contributed by atoms with Crippen molar-refractivity contribution in [2.45, 2.75) is 4.83 Å². The maximum atomic E-state index is 13.3. The Morgan fingerprint density at radius 3 is 2.65 bits per heavy atom. The second kappa shape index (κ2) is 6.30. The van der Waals surface area contributed by atoms with Crippen molar-refractivity contribution in [3.8, 4) is 5.75 Å². The monoisotopic (exact) mass is 372 g/mol. The molecule has 0 aromatic heterocycles. The van der Waals surface area contributed by atoms with Gasteiger partial charge in [-0.3, -0.25) is 4.79 Å². The topological polar surface area (TPSA) is 35.5 Å². The van der Waals surface area contributed by atoms with Crippen LogP contribution in [0.3, 0.4) is 0 Å². The van der Waals surface area contributed by atoms with Crippen LogP contribution in [0.2, 0.25) is 0 Å². The average molecular weight is 374 g/mol. The highest BCUT2D eigenvalue weighted by Crippen LogP contribution is 2.29. The van der Waals surface area contributed by atoms with Crippen molar-refractivity contribution in [3.05, 3.63) is 28.2 Å². The van der Waals surface area contributed by atoms with Gasteiger partial charge in [-0.1, -0.05) is 15.9 Å². The number of esters is 1. The number of rotatable bonds is 4. The van der Waals surface area contributed by atoms with Gasteiger partial charge in [-0.2, -0.15) is 0 Å². The highest BCUT2D eigenvalue weighted by atomic mass is 79.9. The molecule has 0 aliphatic carbocycles. The molecule has 0 fully saturated rings. The van der Waals surface area contributed by atoms with Crippen LogP contribution in [-0.2, 0) is 9.53 Å². The number of carbonyl (C=O) groups is 1. The number of carbonyl (C=O) groups excluding carboxylic acids is 1. The number of hydrogen-bond acceptors (Lipinski definition) is 3. The highest BCUT2D eigenvalue weighted by molar-refractivity contribution is 9.10. The molecule has 1 atom stereocenters. The van der Waals surface area contributed by atoms with Gasteiger partial charge in [0.2, 0.25) is 0 Å². The smallest absolute Gasteiger partial charge is 0.322 e. The van der Waals surface area contributed by atoms with E-state index < -0.39 is 22.4 Å². The van der Waals surface area contributed by atoms with Gasteiger partial charge in [0.25, 0.3) is 0 Å². The molecule has 0 spiro atoms. The van der Waals surface area contributed by atoms with E-state index in [4.69, 9.17) is 4.74 Å². The molecule has 0 aliphatic rings. The van der Waals surface area contributed by atoms with Gasteiger partial charge in [-0.05, 0) is 22.0 Å². The standard InChI is InChI=1S/C10H8Br2F2O3/c1-16-10(15)7(12)4-17-9-6(11)2-5(13)3-8(9)14/h2-3,7H,4H2,1H3. The molecule has 1 aromatic carbocycles. The zero-order valence-corrected chi connectivity index (χ0v) is 11.8. The van der Waals surface area contributed by atoms with Crippen LogP contribution in [0.5, 0.6) is 5.75 Å². The molecule has 3 nitrogen and oxygen atoms in total. The summed E-state index contributed by atoms with van der Waals surface area (Å²) in [6, 6.07) is 1.77. The number of halogens is 4. The first-order valence-electron chi connectivity index (χ1n) is 4.45. The van der Waals surface area contributed by atoms with Crippen LogP contribution < -0.4 is 4.74 Å². The number of hydrogen-bond donors (Lipinski definition) is 0. The predicted molar refractivity (Wildman–Crippen MR) is 64.3 cm³/mol. The number of ether oxygens (including phenoxy) is 2. The Balaban J connectivity index is 2.73. The molecule has 0 N–H and O–H groups in total. The second-order valence-electron chi connectivity index (χ2n) is 3.00. The van der Waals surface area contributed by atoms with Gasteiger partial charge >= 0.3 is 5.97 Å². The van der Waals surface area contributed by atoms with Crippen LogP contribution in [-0.4, -0.2) is 24.5 Å². The van der Waals surface area contributed by atoms with Gasteiger partial charge in [0, 0.05) is 6.07 Å². The van der Waals surface area contributed by atoms with Crippen LogP contribution in [0.4, 0.5) is 8.78 Å². The van der Waals surface area contributed by atoms with Crippen LogP contribution in [0.25, 0.3) is 0 Å². The lowest BCUT2D eigenvalue weighted by Gasteiger charge is -2.12. The van der Waals surface area contributed by atoms with Gasteiger partial charge in [-0.15, -0.1) is 0 Å². The summed E-state index contributed by atoms with van der Waals surface area (Å²) >= 11 is 5.98. The molecule has 0 saturated carbocycles. The van der Waals surface area contributed by atoms with Crippen molar-refractivity contribution in [1.29, 1.82) is 0 Å². The van der Waals surface area contributed by atoms with Gasteiger partial charge in [0.05, 0.1) is 11.6 Å². The van der Waals surface area contributed by atoms with E-state index in [1.54, 1.807) is 0 Å². The molecule has 0 amide bonds. The Morgan fingerprint density at radius 2 is 2.12 bits per heavy atom. The molecule has 0 saturated heterocycles. The third-order valence-corrected chi connectivity index (χ3v) is 3.02. The van der Waals surface area contributed by atoms with Crippen molar-refractivity contribution in [2.75, 3.05) is 13.7 Å². The Morgan fingerprint density at radius 1 is 1.47 bits per heavy atom. The SMILES string of the molecule is COC(=O)C(Br)COc1c(F)cc(F)cc1Br. The molecule has 7 heteroatoms. The van der Waals surface area contributed by atoms with Crippen molar-refractivity contribution >= 4 is 37.8 Å². The Bertz CT molecular complexity index is 403. The maximum absolute atomic E-state index is 13.3. The fraction of sp³-hybridized carbons (Fsp3) is 0.300. The lowest BCUT2D eigenvalue weighted by atomic mass is 10.3. The molecule has 17 heavy (non-hydrogen) atoms. The lowest BCUT2D eigenvalue weighted by molar-refractivity contribution is -0.140. The normalized spacial score (nSPS) is 12.1. The summed E-state index contributed by atoms with van der Waals surface area (Å²) in [7, 11) is 1.23.